The van der Waals surface area contributed by atoms with Crippen LogP contribution in [0.3, 0.4) is 0 Å². The van der Waals surface area contributed by atoms with Gasteiger partial charge in [0, 0.05) is 37.6 Å². The summed E-state index contributed by atoms with van der Waals surface area (Å²) < 4.78 is 5.05. The number of aromatic nitrogens is 1. The van der Waals surface area contributed by atoms with Gasteiger partial charge in [0.25, 0.3) is 0 Å². The van der Waals surface area contributed by atoms with Crippen LogP contribution in [-0.4, -0.2) is 31.3 Å². The molecule has 16 heavy (non-hydrogen) atoms. The predicted molar refractivity (Wildman–Crippen MR) is 69.2 cm³/mol. The minimum atomic E-state index is 0.516. The van der Waals surface area contributed by atoms with Crippen LogP contribution in [0.4, 0.5) is 0 Å². The van der Waals surface area contributed by atoms with Gasteiger partial charge in [0.15, 0.2) is 0 Å². The van der Waals surface area contributed by atoms with E-state index in [1.807, 2.05) is 11.3 Å². The normalized spacial score (nSPS) is 13.0. The molecule has 1 aromatic rings. The average molecular weight is 242 g/mol. The molecule has 0 aliphatic rings. The molecule has 1 unspecified atom stereocenters. The molecule has 4 heteroatoms. The fraction of sp³-hybridized carbons (Fsp3) is 0.750. The van der Waals surface area contributed by atoms with Crippen LogP contribution in [0.25, 0.3) is 0 Å². The molecule has 0 aliphatic carbocycles. The van der Waals surface area contributed by atoms with Crippen molar-refractivity contribution in [3.05, 3.63) is 15.6 Å². The molecule has 0 fully saturated rings. The van der Waals surface area contributed by atoms with E-state index in [0.717, 1.165) is 26.0 Å². The molecule has 0 bridgehead atoms. The van der Waals surface area contributed by atoms with Crippen molar-refractivity contribution in [2.45, 2.75) is 39.7 Å². The van der Waals surface area contributed by atoms with E-state index in [1.165, 1.54) is 15.6 Å². The largest absolute Gasteiger partial charge is 0.385 e. The number of thiazole rings is 1. The Bertz CT molecular complexity index is 292. The van der Waals surface area contributed by atoms with E-state index < -0.39 is 0 Å². The molecule has 1 N–H and O–H groups in total. The first-order valence-electron chi connectivity index (χ1n) is 5.78. The van der Waals surface area contributed by atoms with Crippen LogP contribution in [0.2, 0.25) is 0 Å². The van der Waals surface area contributed by atoms with Crippen molar-refractivity contribution in [2.24, 2.45) is 0 Å². The molecular weight excluding hydrogens is 220 g/mol. The SMILES string of the molecule is COCCC(C)NCCc1nc(C)c(C)s1. The first-order chi connectivity index (χ1) is 7.63. The molecule has 0 spiro atoms. The maximum Gasteiger partial charge on any atom is 0.0943 e. The molecule has 3 nitrogen and oxygen atoms in total. The Morgan fingerprint density at radius 3 is 2.75 bits per heavy atom. The van der Waals surface area contributed by atoms with Crippen molar-refractivity contribution in [1.82, 2.24) is 10.3 Å². The number of hydrogen-bond donors (Lipinski definition) is 1. The highest BCUT2D eigenvalue weighted by Gasteiger charge is 2.04. The number of methoxy groups -OCH3 is 1. The lowest BCUT2D eigenvalue weighted by Crippen LogP contribution is -2.29. The molecule has 0 aromatic carbocycles. The van der Waals surface area contributed by atoms with Gasteiger partial charge in [-0.3, -0.25) is 0 Å². The zero-order chi connectivity index (χ0) is 12.0. The van der Waals surface area contributed by atoms with E-state index >= 15 is 0 Å². The molecule has 1 heterocycles. The summed E-state index contributed by atoms with van der Waals surface area (Å²) in [6.07, 6.45) is 2.09. The van der Waals surface area contributed by atoms with Gasteiger partial charge in [-0.15, -0.1) is 11.3 Å². The maximum absolute atomic E-state index is 5.05. The third kappa shape index (κ3) is 4.60. The van der Waals surface area contributed by atoms with E-state index in [4.69, 9.17) is 4.74 Å². The topological polar surface area (TPSA) is 34.1 Å². The Labute approximate surface area is 102 Å². The summed E-state index contributed by atoms with van der Waals surface area (Å²) in [6.45, 7) is 8.22. The van der Waals surface area contributed by atoms with Gasteiger partial charge in [0.2, 0.25) is 0 Å². The van der Waals surface area contributed by atoms with Crippen LogP contribution in [0.1, 0.15) is 28.9 Å². The molecule has 1 rings (SSSR count). The van der Waals surface area contributed by atoms with Crippen molar-refractivity contribution in [3.63, 3.8) is 0 Å². The van der Waals surface area contributed by atoms with Crippen molar-refractivity contribution in [2.75, 3.05) is 20.3 Å². The first kappa shape index (κ1) is 13.6. The van der Waals surface area contributed by atoms with E-state index in [9.17, 15) is 0 Å². The van der Waals surface area contributed by atoms with Crippen LogP contribution in [-0.2, 0) is 11.2 Å². The smallest absolute Gasteiger partial charge is 0.0943 e. The van der Waals surface area contributed by atoms with Gasteiger partial charge in [-0.1, -0.05) is 0 Å². The van der Waals surface area contributed by atoms with Crippen LogP contribution in [0, 0.1) is 13.8 Å². The minimum absolute atomic E-state index is 0.516. The van der Waals surface area contributed by atoms with E-state index in [-0.39, 0.29) is 0 Å². The molecule has 0 saturated carbocycles. The molecule has 0 amide bonds. The standard InChI is InChI=1S/C12H22N2OS/c1-9(6-8-15-4)13-7-5-12-14-10(2)11(3)16-12/h9,13H,5-8H2,1-4H3. The van der Waals surface area contributed by atoms with Gasteiger partial charge >= 0.3 is 0 Å². The van der Waals surface area contributed by atoms with Crippen LogP contribution >= 0.6 is 11.3 Å². The lowest BCUT2D eigenvalue weighted by Gasteiger charge is -2.12. The molecule has 1 atom stereocenters. The Hall–Kier alpha value is -0.450. The predicted octanol–water partition coefficient (Wildman–Crippen LogP) is 2.32. The highest BCUT2D eigenvalue weighted by atomic mass is 32.1. The van der Waals surface area contributed by atoms with Gasteiger partial charge in [-0.2, -0.15) is 0 Å². The number of hydrogen-bond acceptors (Lipinski definition) is 4. The lowest BCUT2D eigenvalue weighted by molar-refractivity contribution is 0.185. The number of nitrogens with one attached hydrogen (secondary N) is 1. The Balaban J connectivity index is 2.20. The van der Waals surface area contributed by atoms with Gasteiger partial charge < -0.3 is 10.1 Å². The third-order valence-corrected chi connectivity index (χ3v) is 3.79. The summed E-state index contributed by atoms with van der Waals surface area (Å²) in [6, 6.07) is 0.516. The fourth-order valence-electron chi connectivity index (χ4n) is 1.47. The van der Waals surface area contributed by atoms with Crippen molar-refractivity contribution >= 4 is 11.3 Å². The highest BCUT2D eigenvalue weighted by Crippen LogP contribution is 2.16. The Morgan fingerprint density at radius 2 is 2.19 bits per heavy atom. The summed E-state index contributed by atoms with van der Waals surface area (Å²) in [5.74, 6) is 0. The van der Waals surface area contributed by atoms with Crippen LogP contribution in [0.15, 0.2) is 0 Å². The second-order valence-corrected chi connectivity index (χ2v) is 5.42. The zero-order valence-corrected chi connectivity index (χ0v) is 11.5. The summed E-state index contributed by atoms with van der Waals surface area (Å²) >= 11 is 1.81. The van der Waals surface area contributed by atoms with Crippen LogP contribution < -0.4 is 5.32 Å². The van der Waals surface area contributed by atoms with Crippen molar-refractivity contribution < 1.29 is 4.74 Å². The summed E-state index contributed by atoms with van der Waals surface area (Å²) in [7, 11) is 1.74. The number of nitrogens with zero attached hydrogens (tertiary/aromatic N) is 1. The van der Waals surface area contributed by atoms with E-state index in [2.05, 4.69) is 31.1 Å². The molecule has 0 saturated heterocycles. The molecule has 0 aliphatic heterocycles. The van der Waals surface area contributed by atoms with Gasteiger partial charge in [-0.25, -0.2) is 4.98 Å². The second-order valence-electron chi connectivity index (χ2n) is 4.14. The Morgan fingerprint density at radius 1 is 1.44 bits per heavy atom. The molecular formula is C12H22N2OS. The fourth-order valence-corrected chi connectivity index (χ4v) is 2.40. The highest BCUT2D eigenvalue weighted by molar-refractivity contribution is 7.11. The lowest BCUT2D eigenvalue weighted by atomic mass is 10.2. The number of aryl methyl sites for hydroxylation is 2. The molecule has 0 radical (unpaired) electrons. The summed E-state index contributed by atoms with van der Waals surface area (Å²) in [5.41, 5.74) is 1.17. The van der Waals surface area contributed by atoms with Gasteiger partial charge in [0.1, 0.15) is 0 Å². The molecule has 92 valence electrons. The second kappa shape index (κ2) is 6.99. The molecule has 1 aromatic heterocycles. The van der Waals surface area contributed by atoms with Crippen molar-refractivity contribution in [1.29, 1.82) is 0 Å². The Kier molecular flexibility index (Phi) is 5.95. The maximum atomic E-state index is 5.05. The van der Waals surface area contributed by atoms with Gasteiger partial charge in [-0.05, 0) is 27.2 Å². The summed E-state index contributed by atoms with van der Waals surface area (Å²) in [5, 5.41) is 4.72. The van der Waals surface area contributed by atoms with Gasteiger partial charge in [0.05, 0.1) is 10.7 Å². The minimum Gasteiger partial charge on any atom is -0.385 e. The number of ether oxygens (including phenoxy) is 1. The van der Waals surface area contributed by atoms with E-state index in [1.54, 1.807) is 7.11 Å². The summed E-state index contributed by atoms with van der Waals surface area (Å²) in [4.78, 5) is 5.86. The van der Waals surface area contributed by atoms with E-state index in [0.29, 0.717) is 6.04 Å². The zero-order valence-electron chi connectivity index (χ0n) is 10.7. The third-order valence-electron chi connectivity index (χ3n) is 2.66. The average Bonchev–Trinajstić information content (AvgIpc) is 2.55. The quantitative estimate of drug-likeness (QED) is 0.797. The monoisotopic (exact) mass is 242 g/mol. The van der Waals surface area contributed by atoms with Crippen molar-refractivity contribution in [3.8, 4) is 0 Å². The first-order valence-corrected chi connectivity index (χ1v) is 6.60. The number of rotatable bonds is 7. The van der Waals surface area contributed by atoms with Crippen LogP contribution in [0.5, 0.6) is 0 Å².